The summed E-state index contributed by atoms with van der Waals surface area (Å²) in [7, 11) is 3.26. The molecule has 3 N–H and O–H groups in total. The standard InChI is InChI=1S/C18H20N2O4/c1-10-14(21)7-15(22)16(17(10)24-3)18(23)20-8-11-5-4-6-13(19-2)12(11)9-20/h4-7,19,21-22H,8-9H2,1-3H3. The fourth-order valence-corrected chi connectivity index (χ4v) is 3.15. The number of nitrogens with zero attached hydrogens (tertiary/aromatic N) is 1. The molecule has 0 spiro atoms. The van der Waals surface area contributed by atoms with Crippen LogP contribution in [0.5, 0.6) is 17.2 Å². The van der Waals surface area contributed by atoms with Crippen molar-refractivity contribution in [2.45, 2.75) is 20.0 Å². The first-order valence-electron chi connectivity index (χ1n) is 7.65. The van der Waals surface area contributed by atoms with E-state index < -0.39 is 0 Å². The van der Waals surface area contributed by atoms with Crippen LogP contribution in [0.1, 0.15) is 27.0 Å². The summed E-state index contributed by atoms with van der Waals surface area (Å²) in [5, 5.41) is 23.1. The van der Waals surface area contributed by atoms with Gasteiger partial charge in [0, 0.05) is 37.5 Å². The lowest BCUT2D eigenvalue weighted by Gasteiger charge is -2.20. The topological polar surface area (TPSA) is 82.0 Å². The maximum absolute atomic E-state index is 13.0. The first-order chi connectivity index (χ1) is 11.5. The number of benzene rings is 2. The second-order valence-corrected chi connectivity index (χ2v) is 5.80. The summed E-state index contributed by atoms with van der Waals surface area (Å²) in [6.07, 6.45) is 0. The molecule has 0 bridgehead atoms. The second-order valence-electron chi connectivity index (χ2n) is 5.80. The number of anilines is 1. The van der Waals surface area contributed by atoms with Gasteiger partial charge < -0.3 is 25.2 Å². The van der Waals surface area contributed by atoms with Crippen molar-refractivity contribution >= 4 is 11.6 Å². The quantitative estimate of drug-likeness (QED) is 0.807. The van der Waals surface area contributed by atoms with Crippen molar-refractivity contribution < 1.29 is 19.7 Å². The molecule has 0 fully saturated rings. The molecule has 0 aromatic heterocycles. The van der Waals surface area contributed by atoms with E-state index in [4.69, 9.17) is 4.74 Å². The Bertz CT molecular complexity index is 817. The number of aromatic hydroxyl groups is 2. The number of rotatable bonds is 3. The molecule has 24 heavy (non-hydrogen) atoms. The monoisotopic (exact) mass is 328 g/mol. The molecule has 6 heteroatoms. The van der Waals surface area contributed by atoms with Crippen LogP contribution in [-0.2, 0) is 13.1 Å². The fraction of sp³-hybridized carbons (Fsp3) is 0.278. The molecule has 2 aromatic rings. The van der Waals surface area contributed by atoms with Gasteiger partial charge in [0.1, 0.15) is 22.8 Å². The number of carbonyl (C=O) groups excluding carboxylic acids is 1. The third kappa shape index (κ3) is 2.40. The van der Waals surface area contributed by atoms with E-state index in [2.05, 4.69) is 5.32 Å². The van der Waals surface area contributed by atoms with Gasteiger partial charge in [-0.2, -0.15) is 0 Å². The number of amides is 1. The van der Waals surface area contributed by atoms with Crippen LogP contribution in [0.15, 0.2) is 24.3 Å². The van der Waals surface area contributed by atoms with Crippen LogP contribution >= 0.6 is 0 Å². The van der Waals surface area contributed by atoms with Gasteiger partial charge in [-0.25, -0.2) is 0 Å². The van der Waals surface area contributed by atoms with Crippen molar-refractivity contribution in [3.63, 3.8) is 0 Å². The van der Waals surface area contributed by atoms with E-state index in [1.165, 1.54) is 13.2 Å². The number of hydrogen-bond donors (Lipinski definition) is 3. The fourth-order valence-electron chi connectivity index (χ4n) is 3.15. The highest BCUT2D eigenvalue weighted by Crippen LogP contribution is 2.39. The van der Waals surface area contributed by atoms with Crippen molar-refractivity contribution in [2.75, 3.05) is 19.5 Å². The number of nitrogens with one attached hydrogen (secondary N) is 1. The molecule has 0 atom stereocenters. The van der Waals surface area contributed by atoms with Gasteiger partial charge in [-0.3, -0.25) is 4.79 Å². The van der Waals surface area contributed by atoms with Gasteiger partial charge in [0.15, 0.2) is 0 Å². The van der Waals surface area contributed by atoms with Crippen LogP contribution in [-0.4, -0.2) is 35.2 Å². The SMILES string of the molecule is CNc1cccc2c1CN(C(=O)c1c(O)cc(O)c(C)c1OC)C2. The number of carbonyl (C=O) groups is 1. The number of phenolic OH excluding ortho intramolecular Hbond substituents is 2. The second kappa shape index (κ2) is 5.96. The number of methoxy groups -OCH3 is 1. The van der Waals surface area contributed by atoms with Crippen LogP contribution < -0.4 is 10.1 Å². The zero-order chi connectivity index (χ0) is 17.4. The largest absolute Gasteiger partial charge is 0.507 e. The Hall–Kier alpha value is -2.89. The van der Waals surface area contributed by atoms with E-state index in [-0.39, 0.29) is 28.7 Å². The number of ether oxygens (including phenoxy) is 1. The van der Waals surface area contributed by atoms with Crippen molar-refractivity contribution in [3.05, 3.63) is 46.5 Å². The molecule has 0 saturated carbocycles. The summed E-state index contributed by atoms with van der Waals surface area (Å²) in [5.41, 5.74) is 3.63. The summed E-state index contributed by atoms with van der Waals surface area (Å²) >= 11 is 0. The van der Waals surface area contributed by atoms with Crippen molar-refractivity contribution in [1.29, 1.82) is 0 Å². The Kier molecular flexibility index (Phi) is 3.97. The number of phenols is 2. The molecule has 1 aliphatic heterocycles. The van der Waals surface area contributed by atoms with Gasteiger partial charge in [0.05, 0.1) is 7.11 Å². The van der Waals surface area contributed by atoms with Crippen molar-refractivity contribution in [2.24, 2.45) is 0 Å². The highest BCUT2D eigenvalue weighted by molar-refractivity contribution is 6.00. The molecule has 3 rings (SSSR count). The number of fused-ring (bicyclic) bond motifs is 1. The summed E-state index contributed by atoms with van der Waals surface area (Å²) in [6.45, 7) is 2.56. The van der Waals surface area contributed by atoms with E-state index in [0.29, 0.717) is 18.7 Å². The summed E-state index contributed by atoms with van der Waals surface area (Å²) in [4.78, 5) is 14.6. The van der Waals surface area contributed by atoms with Gasteiger partial charge in [0.25, 0.3) is 5.91 Å². The lowest BCUT2D eigenvalue weighted by atomic mass is 10.1. The molecular formula is C18H20N2O4. The first kappa shape index (κ1) is 16.0. The predicted octanol–water partition coefficient (Wildman–Crippen LogP) is 2.61. The van der Waals surface area contributed by atoms with Crippen LogP contribution in [0.2, 0.25) is 0 Å². The highest BCUT2D eigenvalue weighted by Gasteiger charge is 2.31. The van der Waals surface area contributed by atoms with Crippen molar-refractivity contribution in [3.8, 4) is 17.2 Å². The molecule has 1 aliphatic rings. The predicted molar refractivity (Wildman–Crippen MR) is 90.6 cm³/mol. The molecule has 126 valence electrons. The minimum Gasteiger partial charge on any atom is -0.507 e. The Morgan fingerprint density at radius 3 is 2.67 bits per heavy atom. The highest BCUT2D eigenvalue weighted by atomic mass is 16.5. The smallest absolute Gasteiger partial charge is 0.262 e. The minimum atomic E-state index is -0.328. The van der Waals surface area contributed by atoms with Gasteiger partial charge in [-0.1, -0.05) is 12.1 Å². The Morgan fingerprint density at radius 2 is 2.00 bits per heavy atom. The maximum atomic E-state index is 13.0. The van der Waals surface area contributed by atoms with Gasteiger partial charge >= 0.3 is 0 Å². The average molecular weight is 328 g/mol. The third-order valence-electron chi connectivity index (χ3n) is 4.44. The summed E-state index contributed by atoms with van der Waals surface area (Å²) < 4.78 is 5.26. The molecule has 2 aromatic carbocycles. The molecule has 0 saturated heterocycles. The molecule has 6 nitrogen and oxygen atoms in total. The van der Waals surface area contributed by atoms with E-state index in [9.17, 15) is 15.0 Å². The Labute approximate surface area is 140 Å². The van der Waals surface area contributed by atoms with Crippen LogP contribution in [0, 0.1) is 6.92 Å². The molecular weight excluding hydrogens is 308 g/mol. The van der Waals surface area contributed by atoms with E-state index in [1.807, 2.05) is 25.2 Å². The first-order valence-corrected chi connectivity index (χ1v) is 7.65. The Balaban J connectivity index is 1.99. The molecule has 0 unspecified atom stereocenters. The molecule has 1 amide bonds. The van der Waals surface area contributed by atoms with Crippen molar-refractivity contribution in [1.82, 2.24) is 4.90 Å². The maximum Gasteiger partial charge on any atom is 0.262 e. The summed E-state index contributed by atoms with van der Waals surface area (Å²) in [5.74, 6) is -0.527. The van der Waals surface area contributed by atoms with Gasteiger partial charge in [-0.05, 0) is 24.1 Å². The molecule has 0 radical (unpaired) electrons. The third-order valence-corrected chi connectivity index (χ3v) is 4.44. The summed E-state index contributed by atoms with van der Waals surface area (Å²) in [6, 6.07) is 7.08. The van der Waals surface area contributed by atoms with Crippen LogP contribution in [0.3, 0.4) is 0 Å². The van der Waals surface area contributed by atoms with Gasteiger partial charge in [0.2, 0.25) is 0 Å². The zero-order valence-corrected chi connectivity index (χ0v) is 13.9. The zero-order valence-electron chi connectivity index (χ0n) is 13.9. The molecule has 1 heterocycles. The Morgan fingerprint density at radius 1 is 1.25 bits per heavy atom. The lowest BCUT2D eigenvalue weighted by Crippen LogP contribution is -2.26. The van der Waals surface area contributed by atoms with Crippen LogP contribution in [0.25, 0.3) is 0 Å². The number of hydrogen-bond acceptors (Lipinski definition) is 5. The van der Waals surface area contributed by atoms with Gasteiger partial charge in [-0.15, -0.1) is 0 Å². The van der Waals surface area contributed by atoms with E-state index >= 15 is 0 Å². The van der Waals surface area contributed by atoms with Crippen LogP contribution in [0.4, 0.5) is 5.69 Å². The van der Waals surface area contributed by atoms with E-state index in [1.54, 1.807) is 11.8 Å². The lowest BCUT2D eigenvalue weighted by molar-refractivity contribution is 0.0744. The molecule has 0 aliphatic carbocycles. The minimum absolute atomic E-state index is 0.0756. The average Bonchev–Trinajstić information content (AvgIpc) is 3.01. The normalized spacial score (nSPS) is 12.9. The van der Waals surface area contributed by atoms with E-state index in [0.717, 1.165) is 16.8 Å².